The molecule has 24 heavy (non-hydrogen) atoms. The number of nitrogens with zero attached hydrogens (tertiary/aromatic N) is 2. The Morgan fingerprint density at radius 3 is 2.96 bits per heavy atom. The minimum Gasteiger partial charge on any atom is -0.276 e. The smallest absolute Gasteiger partial charge is 0.276 e. The fourth-order valence-corrected chi connectivity index (χ4v) is 3.43. The molecule has 0 spiro atoms. The number of H-pyrrole nitrogens is 1. The van der Waals surface area contributed by atoms with Crippen molar-refractivity contribution in [2.45, 2.75) is 0 Å². The summed E-state index contributed by atoms with van der Waals surface area (Å²) >= 11 is 10.8. The highest BCUT2D eigenvalue weighted by Gasteiger charge is 2.12. The third kappa shape index (κ3) is 3.72. The number of hydrogen-bond acceptors (Lipinski definition) is 4. The molecule has 3 rings (SSSR count). The Kier molecular flexibility index (Phi) is 5.08. The molecule has 1 aromatic carbocycles. The standard InChI is InChI=1S/C15H9BrClFN4OS/c16-14-5-4-13(24-14)11-6-12(21-20-11)15(23)22-19-7-8-9(17)2-1-3-10(8)18/h1-7H,(H,20,21)(H,22,23). The molecule has 2 heterocycles. The zero-order valence-electron chi connectivity index (χ0n) is 11.9. The van der Waals surface area contributed by atoms with Gasteiger partial charge in [-0.15, -0.1) is 11.3 Å². The van der Waals surface area contributed by atoms with E-state index >= 15 is 0 Å². The van der Waals surface area contributed by atoms with Crippen LogP contribution in [0.2, 0.25) is 5.02 Å². The third-order valence-corrected chi connectivity index (χ3v) is 5.00. The monoisotopic (exact) mass is 426 g/mol. The van der Waals surface area contributed by atoms with Gasteiger partial charge in [-0.1, -0.05) is 17.7 Å². The Morgan fingerprint density at radius 1 is 1.42 bits per heavy atom. The van der Waals surface area contributed by atoms with E-state index in [-0.39, 0.29) is 16.3 Å². The Hall–Kier alpha value is -2.03. The van der Waals surface area contributed by atoms with Crippen LogP contribution in [0.3, 0.4) is 0 Å². The van der Waals surface area contributed by atoms with Crippen LogP contribution in [0.25, 0.3) is 10.6 Å². The molecule has 3 aromatic rings. The van der Waals surface area contributed by atoms with Gasteiger partial charge in [-0.05, 0) is 46.3 Å². The van der Waals surface area contributed by atoms with Gasteiger partial charge in [0.15, 0.2) is 5.69 Å². The van der Waals surface area contributed by atoms with Crippen molar-refractivity contribution < 1.29 is 9.18 Å². The topological polar surface area (TPSA) is 70.1 Å². The molecule has 0 fully saturated rings. The predicted molar refractivity (Wildman–Crippen MR) is 96.1 cm³/mol. The Labute approximate surface area is 153 Å². The van der Waals surface area contributed by atoms with Gasteiger partial charge in [-0.25, -0.2) is 9.82 Å². The van der Waals surface area contributed by atoms with Gasteiger partial charge in [0.25, 0.3) is 5.91 Å². The summed E-state index contributed by atoms with van der Waals surface area (Å²) in [5, 5.41) is 10.7. The van der Waals surface area contributed by atoms with E-state index in [0.717, 1.165) is 20.6 Å². The van der Waals surface area contributed by atoms with E-state index in [1.165, 1.54) is 29.5 Å². The molecule has 0 aliphatic carbocycles. The van der Waals surface area contributed by atoms with E-state index in [1.54, 1.807) is 6.07 Å². The second-order valence-electron chi connectivity index (χ2n) is 4.61. The number of carbonyl (C=O) groups excluding carboxylic acids is 1. The lowest BCUT2D eigenvalue weighted by Crippen LogP contribution is -2.18. The lowest BCUT2D eigenvalue weighted by molar-refractivity contribution is 0.0950. The molecular weight excluding hydrogens is 419 g/mol. The lowest BCUT2D eigenvalue weighted by Gasteiger charge is -1.99. The van der Waals surface area contributed by atoms with Crippen molar-refractivity contribution >= 4 is 51.0 Å². The number of thiophene rings is 1. The molecule has 0 aliphatic rings. The minimum absolute atomic E-state index is 0.102. The maximum atomic E-state index is 13.6. The molecule has 0 radical (unpaired) electrons. The quantitative estimate of drug-likeness (QED) is 0.477. The summed E-state index contributed by atoms with van der Waals surface area (Å²) in [7, 11) is 0. The number of carbonyl (C=O) groups is 1. The van der Waals surface area contributed by atoms with E-state index in [9.17, 15) is 9.18 Å². The maximum absolute atomic E-state index is 13.6. The maximum Gasteiger partial charge on any atom is 0.291 e. The number of benzene rings is 1. The summed E-state index contributed by atoms with van der Waals surface area (Å²) in [5.74, 6) is -1.04. The average molecular weight is 428 g/mol. The van der Waals surface area contributed by atoms with Crippen LogP contribution in [0, 0.1) is 5.82 Å². The summed E-state index contributed by atoms with van der Waals surface area (Å²) in [6.07, 6.45) is 1.15. The normalized spacial score (nSPS) is 11.1. The van der Waals surface area contributed by atoms with E-state index in [0.29, 0.717) is 0 Å². The van der Waals surface area contributed by atoms with Crippen LogP contribution >= 0.6 is 38.9 Å². The van der Waals surface area contributed by atoms with E-state index < -0.39 is 11.7 Å². The number of rotatable bonds is 4. The number of aromatic amines is 1. The lowest BCUT2D eigenvalue weighted by atomic mass is 10.2. The molecule has 5 nitrogen and oxygen atoms in total. The molecule has 1 amide bonds. The largest absolute Gasteiger partial charge is 0.291 e. The van der Waals surface area contributed by atoms with Crippen LogP contribution in [0.5, 0.6) is 0 Å². The van der Waals surface area contributed by atoms with Crippen molar-refractivity contribution in [1.29, 1.82) is 0 Å². The second kappa shape index (κ2) is 7.25. The number of nitrogens with one attached hydrogen (secondary N) is 2. The van der Waals surface area contributed by atoms with Crippen LogP contribution in [-0.2, 0) is 0 Å². The van der Waals surface area contributed by atoms with Gasteiger partial charge in [0.2, 0.25) is 0 Å². The van der Waals surface area contributed by atoms with Crippen LogP contribution < -0.4 is 5.43 Å². The van der Waals surface area contributed by atoms with Gasteiger partial charge in [-0.3, -0.25) is 9.89 Å². The van der Waals surface area contributed by atoms with Crippen LogP contribution in [0.4, 0.5) is 4.39 Å². The first-order valence-corrected chi connectivity index (χ1v) is 8.62. The number of hydrazone groups is 1. The molecule has 0 atom stereocenters. The molecule has 122 valence electrons. The molecule has 2 N–H and O–H groups in total. The Bertz CT molecular complexity index is 904. The molecule has 0 aliphatic heterocycles. The molecule has 9 heteroatoms. The summed E-state index contributed by atoms with van der Waals surface area (Å²) in [6, 6.07) is 9.70. The fourth-order valence-electron chi connectivity index (χ4n) is 1.87. The second-order valence-corrected chi connectivity index (χ2v) is 7.48. The molecule has 0 bridgehead atoms. The summed E-state index contributed by atoms with van der Waals surface area (Å²) in [4.78, 5) is 13.0. The number of amides is 1. The van der Waals surface area contributed by atoms with Crippen LogP contribution in [-0.4, -0.2) is 22.3 Å². The molecule has 0 unspecified atom stereocenters. The summed E-state index contributed by atoms with van der Waals surface area (Å²) in [5.41, 5.74) is 3.28. The van der Waals surface area contributed by atoms with Gasteiger partial charge in [-0.2, -0.15) is 10.2 Å². The van der Waals surface area contributed by atoms with Crippen molar-refractivity contribution in [3.63, 3.8) is 0 Å². The Morgan fingerprint density at radius 2 is 2.25 bits per heavy atom. The van der Waals surface area contributed by atoms with Gasteiger partial charge in [0.05, 0.1) is 25.6 Å². The molecule has 0 saturated heterocycles. The molecule has 2 aromatic heterocycles. The summed E-state index contributed by atoms with van der Waals surface area (Å²) in [6.45, 7) is 0. The first-order chi connectivity index (χ1) is 11.5. The van der Waals surface area contributed by atoms with E-state index in [2.05, 4.69) is 36.7 Å². The number of hydrogen-bond donors (Lipinski definition) is 2. The first kappa shape index (κ1) is 16.8. The minimum atomic E-state index is -0.522. The highest BCUT2D eigenvalue weighted by atomic mass is 79.9. The van der Waals surface area contributed by atoms with Gasteiger partial charge in [0.1, 0.15) is 5.82 Å². The van der Waals surface area contributed by atoms with Crippen molar-refractivity contribution in [1.82, 2.24) is 15.6 Å². The van der Waals surface area contributed by atoms with Crippen molar-refractivity contribution in [3.8, 4) is 10.6 Å². The molecular formula is C15H9BrClFN4OS. The van der Waals surface area contributed by atoms with Gasteiger partial charge >= 0.3 is 0 Å². The SMILES string of the molecule is O=C(NN=Cc1c(F)cccc1Cl)c1cc(-c2ccc(Br)s2)[nH]n1. The third-order valence-electron chi connectivity index (χ3n) is 3.01. The van der Waals surface area contributed by atoms with Crippen molar-refractivity contribution in [2.75, 3.05) is 0 Å². The van der Waals surface area contributed by atoms with Crippen LogP contribution in [0.15, 0.2) is 45.3 Å². The van der Waals surface area contributed by atoms with Crippen molar-refractivity contribution in [3.05, 3.63) is 62.3 Å². The average Bonchev–Trinajstić information content (AvgIpc) is 3.19. The zero-order chi connectivity index (χ0) is 17.1. The van der Waals surface area contributed by atoms with Crippen LogP contribution in [0.1, 0.15) is 16.1 Å². The Balaban J connectivity index is 1.70. The molecule has 0 saturated carbocycles. The van der Waals surface area contributed by atoms with Gasteiger partial charge < -0.3 is 0 Å². The zero-order valence-corrected chi connectivity index (χ0v) is 15.0. The highest BCUT2D eigenvalue weighted by molar-refractivity contribution is 9.11. The fraction of sp³-hybridized carbons (Fsp3) is 0. The van der Waals surface area contributed by atoms with E-state index in [1.807, 2.05) is 12.1 Å². The van der Waals surface area contributed by atoms with Gasteiger partial charge in [0, 0.05) is 5.56 Å². The summed E-state index contributed by atoms with van der Waals surface area (Å²) < 4.78 is 14.6. The first-order valence-electron chi connectivity index (χ1n) is 6.63. The number of halogens is 3. The predicted octanol–water partition coefficient (Wildman–Crippen LogP) is 4.46. The highest BCUT2D eigenvalue weighted by Crippen LogP contribution is 2.30. The van der Waals surface area contributed by atoms with E-state index in [4.69, 9.17) is 11.6 Å². The van der Waals surface area contributed by atoms with Crippen molar-refractivity contribution in [2.24, 2.45) is 5.10 Å². The number of aromatic nitrogens is 2.